The van der Waals surface area contributed by atoms with Gasteiger partial charge in [0, 0.05) is 30.6 Å². The molecule has 1 saturated heterocycles. The van der Waals surface area contributed by atoms with Crippen molar-refractivity contribution in [3.8, 4) is 0 Å². The molecule has 1 aliphatic carbocycles. The monoisotopic (exact) mass is 493 g/mol. The van der Waals surface area contributed by atoms with Crippen LogP contribution in [-0.4, -0.2) is 65.6 Å². The van der Waals surface area contributed by atoms with Gasteiger partial charge in [-0.3, -0.25) is 0 Å². The Bertz CT molecular complexity index is 856. The minimum atomic E-state index is -1.07. The molecule has 196 valence electrons. The van der Waals surface area contributed by atoms with Crippen LogP contribution in [0, 0.1) is 5.92 Å². The van der Waals surface area contributed by atoms with Crippen molar-refractivity contribution in [3.05, 3.63) is 30.0 Å². The molecule has 10 heteroatoms. The largest absolute Gasteiger partial charge is 0.478 e. The van der Waals surface area contributed by atoms with Crippen molar-refractivity contribution in [1.29, 1.82) is 0 Å². The second-order valence-electron chi connectivity index (χ2n) is 8.62. The van der Waals surface area contributed by atoms with Gasteiger partial charge in [0.25, 0.3) is 0 Å². The highest BCUT2D eigenvalue weighted by Gasteiger charge is 2.46. The van der Waals surface area contributed by atoms with Crippen molar-refractivity contribution in [1.82, 2.24) is 0 Å². The number of allylic oxidation sites excluding steroid dienone is 2. The van der Waals surface area contributed by atoms with Gasteiger partial charge >= 0.3 is 12.0 Å². The number of ketones is 1. The number of rotatable bonds is 6. The number of nitrogens with two attached hydrogens (primary N) is 2. The average molecular weight is 494 g/mol. The zero-order chi connectivity index (χ0) is 27.0. The number of amidine groups is 1. The van der Waals surface area contributed by atoms with Gasteiger partial charge in [-0.05, 0) is 45.7 Å². The molecule has 35 heavy (non-hydrogen) atoms. The van der Waals surface area contributed by atoms with Crippen molar-refractivity contribution in [3.63, 3.8) is 0 Å². The number of amides is 2. The summed E-state index contributed by atoms with van der Waals surface area (Å²) in [6, 6.07) is -0.228. The maximum atomic E-state index is 12.1. The van der Waals surface area contributed by atoms with Crippen LogP contribution in [0.5, 0.6) is 0 Å². The first-order valence-corrected chi connectivity index (χ1v) is 11.8. The lowest BCUT2D eigenvalue weighted by molar-refractivity contribution is -0.830. The van der Waals surface area contributed by atoms with Gasteiger partial charge in [-0.25, -0.2) is 14.4 Å². The summed E-state index contributed by atoms with van der Waals surface area (Å²) in [6.45, 7) is 4.91. The molecule has 2 amide bonds. The number of Topliss-reactive ketones (excluding diaryl/α,β-unsaturated/α-hetero) is 1. The van der Waals surface area contributed by atoms with Crippen molar-refractivity contribution >= 4 is 29.6 Å². The molecule has 1 saturated carbocycles. The van der Waals surface area contributed by atoms with Gasteiger partial charge in [-0.15, -0.1) is 4.99 Å². The van der Waals surface area contributed by atoms with E-state index in [1.807, 2.05) is 14.0 Å². The Balaban J connectivity index is 0.000000607. The van der Waals surface area contributed by atoms with Gasteiger partial charge in [-0.2, -0.15) is 4.48 Å². The summed E-state index contributed by atoms with van der Waals surface area (Å²) in [5.41, 5.74) is 10.3. The van der Waals surface area contributed by atoms with Crippen LogP contribution in [0.3, 0.4) is 0 Å². The molecule has 0 aromatic rings. The fourth-order valence-electron chi connectivity index (χ4n) is 3.35. The molecule has 3 unspecified atom stereocenters. The number of carboxylic acid groups (broad SMARTS) is 1. The Morgan fingerprint density at radius 2 is 1.83 bits per heavy atom. The number of ether oxygens (including phenoxy) is 1. The van der Waals surface area contributed by atoms with Crippen molar-refractivity contribution < 1.29 is 33.5 Å². The number of carbonyl (C=O) groups excluding carboxylic acids is 3. The van der Waals surface area contributed by atoms with Crippen molar-refractivity contribution in [2.75, 3.05) is 14.1 Å². The third-order valence-corrected chi connectivity index (χ3v) is 5.83. The fraction of sp³-hybridized carbons (Fsp3) is 0.600. The molecule has 0 aromatic carbocycles. The van der Waals surface area contributed by atoms with Crippen LogP contribution in [0.15, 0.2) is 35.0 Å². The molecule has 3 aliphatic rings. The van der Waals surface area contributed by atoms with E-state index in [0.29, 0.717) is 12.5 Å². The van der Waals surface area contributed by atoms with Crippen LogP contribution in [0.1, 0.15) is 65.7 Å². The number of urea groups is 1. The van der Waals surface area contributed by atoms with Gasteiger partial charge in [0.2, 0.25) is 6.23 Å². The van der Waals surface area contributed by atoms with Crippen LogP contribution >= 0.6 is 0 Å². The maximum Gasteiger partial charge on any atom is 0.451 e. The molecule has 0 spiro atoms. The van der Waals surface area contributed by atoms with Crippen LogP contribution < -0.4 is 11.5 Å². The Labute approximate surface area is 208 Å². The Kier molecular flexibility index (Phi) is 15.3. The lowest BCUT2D eigenvalue weighted by atomic mass is 9.81. The summed E-state index contributed by atoms with van der Waals surface area (Å²) in [7, 11) is 3.35. The Hall–Kier alpha value is -2.91. The fourth-order valence-corrected chi connectivity index (χ4v) is 3.35. The summed E-state index contributed by atoms with van der Waals surface area (Å²) in [4.78, 5) is 45.3. The van der Waals surface area contributed by atoms with Gasteiger partial charge < -0.3 is 26.1 Å². The van der Waals surface area contributed by atoms with Gasteiger partial charge in [-0.1, -0.05) is 26.2 Å². The van der Waals surface area contributed by atoms with Crippen LogP contribution in [-0.2, 0) is 19.1 Å². The highest BCUT2D eigenvalue weighted by atomic mass is 16.5. The van der Waals surface area contributed by atoms with E-state index in [9.17, 15) is 19.2 Å². The number of carbonyl (C=O) groups is 3. The molecule has 2 heterocycles. The molecular weight excluding hydrogens is 452 g/mol. The number of aliphatic imine (C=N–C) groups is 1. The highest BCUT2D eigenvalue weighted by molar-refractivity contribution is 5.99. The van der Waals surface area contributed by atoms with E-state index < -0.39 is 5.97 Å². The average Bonchev–Trinajstić information content (AvgIpc) is 3.29. The predicted octanol–water partition coefficient (Wildman–Crippen LogP) is 3.10. The molecule has 2 fully saturated rings. The topological polar surface area (TPSA) is 162 Å². The van der Waals surface area contributed by atoms with Crippen LogP contribution in [0.4, 0.5) is 4.79 Å². The van der Waals surface area contributed by atoms with E-state index in [0.717, 1.165) is 31.3 Å². The molecule has 0 radical (unpaired) electrons. The lowest BCUT2D eigenvalue weighted by Gasteiger charge is -2.33. The SMILES string of the molecule is CC(=C=O)/C=C\C(=O)O.CCC(C)=O.CN.C[N+]1(C2CCC(CC3CCC3)O2)C=CC(N)=NC1=O. The van der Waals surface area contributed by atoms with Gasteiger partial charge in [0.1, 0.15) is 23.8 Å². The second-order valence-corrected chi connectivity index (χ2v) is 8.62. The van der Waals surface area contributed by atoms with Crippen LogP contribution in [0.25, 0.3) is 0 Å². The van der Waals surface area contributed by atoms with E-state index in [4.69, 9.17) is 15.6 Å². The third-order valence-electron chi connectivity index (χ3n) is 5.83. The number of nitrogens with zero attached hydrogens (tertiary/aromatic N) is 2. The molecule has 3 rings (SSSR count). The summed E-state index contributed by atoms with van der Waals surface area (Å²) >= 11 is 0. The number of hydrogen-bond donors (Lipinski definition) is 3. The number of carboxylic acids is 1. The quantitative estimate of drug-likeness (QED) is 0.220. The summed E-state index contributed by atoms with van der Waals surface area (Å²) in [5.74, 6) is 1.85. The van der Waals surface area contributed by atoms with E-state index in [1.54, 1.807) is 19.2 Å². The Morgan fingerprint density at radius 1 is 1.23 bits per heavy atom. The minimum Gasteiger partial charge on any atom is -0.478 e. The van der Waals surface area contributed by atoms with E-state index in [2.05, 4.69) is 10.7 Å². The van der Waals surface area contributed by atoms with Gasteiger partial charge in [0.05, 0.1) is 13.2 Å². The molecule has 10 nitrogen and oxygen atoms in total. The maximum absolute atomic E-state index is 12.1. The number of aliphatic carboxylic acids is 1. The van der Waals surface area contributed by atoms with Gasteiger partial charge in [0.15, 0.2) is 0 Å². The van der Waals surface area contributed by atoms with E-state index >= 15 is 0 Å². The molecule has 3 atom stereocenters. The summed E-state index contributed by atoms with van der Waals surface area (Å²) in [6.07, 6.45) is 13.6. The molecule has 2 aliphatic heterocycles. The minimum absolute atomic E-state index is 0.0991. The smallest absolute Gasteiger partial charge is 0.451 e. The molecule has 5 N–H and O–H groups in total. The predicted molar refractivity (Wildman–Crippen MR) is 135 cm³/mol. The van der Waals surface area contributed by atoms with Crippen molar-refractivity contribution in [2.24, 2.45) is 22.4 Å². The standard InChI is InChI=1S/C14H21N3O2.C6H6O3.C4H8O.CH5N/c1-17(8-7-12(15)16-14(17)18)13-6-5-11(19-13)9-10-3-2-4-10;1-5(4-7)2-3-6(8)9;1-3-4(2)5;1-2/h7-8,10-11,13H,2-6,9H2,1H3,(H-,15,16,18);2-3H,1H3,(H,8,9);3H2,1-2H3;2H2,1H3/p+1/b;3-2-;;. The molecule has 0 bridgehead atoms. The number of hydrogen-bond acceptors (Lipinski definition) is 7. The summed E-state index contributed by atoms with van der Waals surface area (Å²) < 4.78 is 6.21. The lowest BCUT2D eigenvalue weighted by Crippen LogP contribution is -2.53. The van der Waals surface area contributed by atoms with E-state index in [-0.39, 0.29) is 33.9 Å². The first kappa shape index (κ1) is 32.1. The Morgan fingerprint density at radius 3 is 2.26 bits per heavy atom. The first-order chi connectivity index (χ1) is 16.5. The summed E-state index contributed by atoms with van der Waals surface area (Å²) in [5, 5.41) is 8.03. The zero-order valence-electron chi connectivity index (χ0n) is 21.5. The third kappa shape index (κ3) is 11.9. The van der Waals surface area contributed by atoms with Crippen molar-refractivity contribution in [2.45, 2.75) is 78.0 Å². The molecule has 0 aromatic heterocycles. The zero-order valence-corrected chi connectivity index (χ0v) is 21.5. The molecular formula is C25H41N4O6+. The van der Waals surface area contributed by atoms with Crippen LogP contribution in [0.2, 0.25) is 0 Å². The highest BCUT2D eigenvalue weighted by Crippen LogP contribution is 2.37. The van der Waals surface area contributed by atoms with E-state index in [1.165, 1.54) is 45.3 Å². The second kappa shape index (κ2) is 16.7. The first-order valence-electron chi connectivity index (χ1n) is 11.8. The normalized spacial score (nSPS) is 24.9. The number of quaternary nitrogens is 1.